The Labute approximate surface area is 111 Å². The van der Waals surface area contributed by atoms with Crippen molar-refractivity contribution in [2.45, 2.75) is 26.8 Å². The predicted octanol–water partition coefficient (Wildman–Crippen LogP) is 3.25. The number of hydrogen-bond acceptors (Lipinski definition) is 5. The van der Waals surface area contributed by atoms with E-state index in [2.05, 4.69) is 39.0 Å². The first-order chi connectivity index (χ1) is 8.78. The zero-order valence-corrected chi connectivity index (χ0v) is 11.5. The molecule has 1 N–H and O–H groups in total. The first-order valence-electron chi connectivity index (χ1n) is 6.01. The van der Waals surface area contributed by atoms with Gasteiger partial charge in [-0.2, -0.15) is 16.3 Å². The summed E-state index contributed by atoms with van der Waals surface area (Å²) in [6.45, 7) is 5.43. The molecule has 0 fully saturated rings. The van der Waals surface area contributed by atoms with E-state index >= 15 is 0 Å². The standard InChI is InChI=1S/C13H17N3OS/c1-3-5-17-12-7-10(2)15-13(16-12)14-8-11-4-6-18-9-11/h4,6-7,9H,3,5,8H2,1-2H3,(H,14,15,16). The van der Waals surface area contributed by atoms with E-state index in [1.165, 1.54) is 5.56 Å². The maximum atomic E-state index is 5.52. The molecule has 2 aromatic rings. The summed E-state index contributed by atoms with van der Waals surface area (Å²) >= 11 is 1.69. The lowest BCUT2D eigenvalue weighted by atomic mass is 10.3. The van der Waals surface area contributed by atoms with Gasteiger partial charge < -0.3 is 10.1 Å². The summed E-state index contributed by atoms with van der Waals surface area (Å²) in [6.07, 6.45) is 0.973. The number of nitrogens with one attached hydrogen (secondary N) is 1. The van der Waals surface area contributed by atoms with Gasteiger partial charge in [-0.25, -0.2) is 4.98 Å². The molecule has 0 aliphatic carbocycles. The summed E-state index contributed by atoms with van der Waals surface area (Å²) in [6, 6.07) is 3.94. The highest BCUT2D eigenvalue weighted by Gasteiger charge is 2.03. The van der Waals surface area contributed by atoms with E-state index in [-0.39, 0.29) is 0 Å². The third-order valence-electron chi connectivity index (χ3n) is 2.32. The number of anilines is 1. The molecule has 5 heteroatoms. The molecule has 0 saturated heterocycles. The van der Waals surface area contributed by atoms with Gasteiger partial charge in [0.2, 0.25) is 11.8 Å². The maximum absolute atomic E-state index is 5.52. The second-order valence-electron chi connectivity index (χ2n) is 4.00. The normalized spacial score (nSPS) is 10.3. The Bertz CT molecular complexity index is 485. The van der Waals surface area contributed by atoms with Gasteiger partial charge in [-0.15, -0.1) is 0 Å². The second-order valence-corrected chi connectivity index (χ2v) is 4.78. The minimum atomic E-state index is 0.618. The van der Waals surface area contributed by atoms with Gasteiger partial charge in [0.25, 0.3) is 0 Å². The molecule has 0 unspecified atom stereocenters. The zero-order chi connectivity index (χ0) is 12.8. The van der Waals surface area contributed by atoms with Gasteiger partial charge in [-0.3, -0.25) is 0 Å². The highest BCUT2D eigenvalue weighted by molar-refractivity contribution is 7.07. The lowest BCUT2D eigenvalue weighted by Gasteiger charge is -2.08. The molecular formula is C13H17N3OS. The van der Waals surface area contributed by atoms with E-state index in [9.17, 15) is 0 Å². The lowest BCUT2D eigenvalue weighted by Crippen LogP contribution is -2.06. The summed E-state index contributed by atoms with van der Waals surface area (Å²) in [5, 5.41) is 7.38. The van der Waals surface area contributed by atoms with Gasteiger partial charge in [-0.05, 0) is 35.7 Å². The molecule has 2 rings (SSSR count). The molecule has 4 nitrogen and oxygen atoms in total. The number of ether oxygens (including phenoxy) is 1. The first kappa shape index (κ1) is 12.8. The van der Waals surface area contributed by atoms with Crippen molar-refractivity contribution in [2.75, 3.05) is 11.9 Å². The first-order valence-corrected chi connectivity index (χ1v) is 6.95. The average Bonchev–Trinajstić information content (AvgIpc) is 2.86. The summed E-state index contributed by atoms with van der Waals surface area (Å²) < 4.78 is 5.52. The van der Waals surface area contributed by atoms with Crippen molar-refractivity contribution in [3.05, 3.63) is 34.2 Å². The van der Waals surface area contributed by atoms with E-state index in [1.54, 1.807) is 11.3 Å². The summed E-state index contributed by atoms with van der Waals surface area (Å²) in [7, 11) is 0. The Morgan fingerprint density at radius 1 is 1.39 bits per heavy atom. The number of thiophene rings is 1. The molecule has 0 bridgehead atoms. The molecule has 2 aromatic heterocycles. The fourth-order valence-electron chi connectivity index (χ4n) is 1.47. The molecule has 0 spiro atoms. The highest BCUT2D eigenvalue weighted by Crippen LogP contribution is 2.14. The van der Waals surface area contributed by atoms with Crippen LogP contribution in [0.5, 0.6) is 5.88 Å². The Balaban J connectivity index is 2.00. The maximum Gasteiger partial charge on any atom is 0.226 e. The minimum absolute atomic E-state index is 0.618. The number of nitrogens with zero attached hydrogens (tertiary/aromatic N) is 2. The predicted molar refractivity (Wildman–Crippen MR) is 74.2 cm³/mol. The van der Waals surface area contributed by atoms with Crippen molar-refractivity contribution in [1.82, 2.24) is 9.97 Å². The highest BCUT2D eigenvalue weighted by atomic mass is 32.1. The third-order valence-corrected chi connectivity index (χ3v) is 3.05. The molecule has 2 heterocycles. The van der Waals surface area contributed by atoms with Crippen molar-refractivity contribution in [1.29, 1.82) is 0 Å². The third kappa shape index (κ3) is 3.70. The molecule has 0 aliphatic rings. The van der Waals surface area contributed by atoms with Crippen LogP contribution in [-0.2, 0) is 6.54 Å². The van der Waals surface area contributed by atoms with Gasteiger partial charge >= 0.3 is 0 Å². The number of hydrogen-bond donors (Lipinski definition) is 1. The second kappa shape index (κ2) is 6.35. The number of rotatable bonds is 6. The van der Waals surface area contributed by atoms with Gasteiger partial charge in [0.05, 0.1) is 6.61 Å². The molecule has 0 aromatic carbocycles. The van der Waals surface area contributed by atoms with Crippen molar-refractivity contribution in [3.8, 4) is 5.88 Å². The van der Waals surface area contributed by atoms with Crippen LogP contribution in [0.25, 0.3) is 0 Å². The van der Waals surface area contributed by atoms with E-state index in [0.29, 0.717) is 18.4 Å². The van der Waals surface area contributed by atoms with Gasteiger partial charge in [0.1, 0.15) is 0 Å². The van der Waals surface area contributed by atoms with Crippen molar-refractivity contribution in [2.24, 2.45) is 0 Å². The molecule has 96 valence electrons. The van der Waals surface area contributed by atoms with Gasteiger partial charge in [0.15, 0.2) is 0 Å². The van der Waals surface area contributed by atoms with Crippen LogP contribution in [0.2, 0.25) is 0 Å². The Morgan fingerprint density at radius 3 is 3.00 bits per heavy atom. The van der Waals surface area contributed by atoms with Gasteiger partial charge in [0, 0.05) is 18.3 Å². The number of aromatic nitrogens is 2. The SMILES string of the molecule is CCCOc1cc(C)nc(NCc2ccsc2)n1. The fraction of sp³-hybridized carbons (Fsp3) is 0.385. The van der Waals surface area contributed by atoms with E-state index in [1.807, 2.05) is 13.0 Å². The van der Waals surface area contributed by atoms with E-state index in [0.717, 1.165) is 18.7 Å². The summed E-state index contributed by atoms with van der Waals surface area (Å²) in [4.78, 5) is 8.67. The van der Waals surface area contributed by atoms with Crippen LogP contribution in [-0.4, -0.2) is 16.6 Å². The molecule has 0 radical (unpaired) electrons. The smallest absolute Gasteiger partial charge is 0.226 e. The minimum Gasteiger partial charge on any atom is -0.478 e. The fourth-order valence-corrected chi connectivity index (χ4v) is 2.14. The quantitative estimate of drug-likeness (QED) is 0.869. The molecule has 0 aliphatic heterocycles. The van der Waals surface area contributed by atoms with Crippen LogP contribution in [0.3, 0.4) is 0 Å². The van der Waals surface area contributed by atoms with Crippen molar-refractivity contribution >= 4 is 17.3 Å². The largest absolute Gasteiger partial charge is 0.478 e. The van der Waals surface area contributed by atoms with Crippen LogP contribution in [0.1, 0.15) is 24.6 Å². The monoisotopic (exact) mass is 263 g/mol. The summed E-state index contributed by atoms with van der Waals surface area (Å²) in [5.74, 6) is 1.25. The van der Waals surface area contributed by atoms with E-state index < -0.39 is 0 Å². The zero-order valence-electron chi connectivity index (χ0n) is 10.6. The lowest BCUT2D eigenvalue weighted by molar-refractivity contribution is 0.305. The Kier molecular flexibility index (Phi) is 4.52. The number of aryl methyl sites for hydroxylation is 1. The van der Waals surface area contributed by atoms with E-state index in [4.69, 9.17) is 4.74 Å². The molecular weight excluding hydrogens is 246 g/mol. The molecule has 0 atom stereocenters. The van der Waals surface area contributed by atoms with Crippen LogP contribution in [0.4, 0.5) is 5.95 Å². The van der Waals surface area contributed by atoms with Crippen LogP contribution >= 0.6 is 11.3 Å². The van der Waals surface area contributed by atoms with Crippen LogP contribution in [0.15, 0.2) is 22.9 Å². The topological polar surface area (TPSA) is 47.0 Å². The van der Waals surface area contributed by atoms with Crippen LogP contribution in [0, 0.1) is 6.92 Å². The average molecular weight is 263 g/mol. The van der Waals surface area contributed by atoms with Gasteiger partial charge in [-0.1, -0.05) is 6.92 Å². The molecule has 18 heavy (non-hydrogen) atoms. The molecule has 0 saturated carbocycles. The van der Waals surface area contributed by atoms with Crippen molar-refractivity contribution in [3.63, 3.8) is 0 Å². The van der Waals surface area contributed by atoms with Crippen molar-refractivity contribution < 1.29 is 4.74 Å². The Morgan fingerprint density at radius 2 is 2.28 bits per heavy atom. The Hall–Kier alpha value is -1.62. The summed E-state index contributed by atoms with van der Waals surface area (Å²) in [5.41, 5.74) is 2.14. The molecule has 0 amide bonds. The van der Waals surface area contributed by atoms with Crippen LogP contribution < -0.4 is 10.1 Å².